The van der Waals surface area contributed by atoms with E-state index < -0.39 is 6.17 Å². The lowest BCUT2D eigenvalue weighted by molar-refractivity contribution is -0.105. The van der Waals surface area contributed by atoms with E-state index in [0.717, 1.165) is 31.8 Å². The zero-order chi connectivity index (χ0) is 8.77. The average molecular weight is 171 g/mol. The Hall–Kier alpha value is -0.110. The van der Waals surface area contributed by atoms with E-state index in [1.54, 1.807) is 0 Å². The molecule has 2 heteroatoms. The van der Waals surface area contributed by atoms with Gasteiger partial charge in [-0.15, -0.1) is 0 Å². The molecule has 0 radical (unpaired) electrons. The first-order valence-electron chi connectivity index (χ1n) is 4.96. The van der Waals surface area contributed by atoms with Gasteiger partial charge in [-0.05, 0) is 18.8 Å². The minimum absolute atomic E-state index is 0.425. The fourth-order valence-corrected chi connectivity index (χ4v) is 2.69. The number of nitrogens with zero attached hydrogens (tertiary/aromatic N) is 1. The van der Waals surface area contributed by atoms with Crippen molar-refractivity contribution in [1.82, 2.24) is 4.90 Å². The summed E-state index contributed by atoms with van der Waals surface area (Å²) in [6.45, 7) is 7.99. The molecule has 1 saturated carbocycles. The highest BCUT2D eigenvalue weighted by atomic mass is 19.1. The van der Waals surface area contributed by atoms with Crippen LogP contribution in [0.25, 0.3) is 0 Å². The fourth-order valence-electron chi connectivity index (χ4n) is 2.69. The molecule has 0 unspecified atom stereocenters. The molecule has 0 amide bonds. The molecule has 1 aliphatic heterocycles. The molecule has 1 heterocycles. The van der Waals surface area contributed by atoms with Gasteiger partial charge >= 0.3 is 0 Å². The van der Waals surface area contributed by atoms with Crippen molar-refractivity contribution in [3.05, 3.63) is 0 Å². The number of hydrogen-bond acceptors (Lipinski definition) is 1. The summed E-state index contributed by atoms with van der Waals surface area (Å²) in [5.74, 6) is 0.753. The predicted octanol–water partition coefficient (Wildman–Crippen LogP) is 2.08. The Morgan fingerprint density at radius 2 is 2.00 bits per heavy atom. The van der Waals surface area contributed by atoms with Crippen LogP contribution in [-0.4, -0.2) is 30.7 Å². The van der Waals surface area contributed by atoms with Gasteiger partial charge in [0, 0.05) is 25.0 Å². The van der Waals surface area contributed by atoms with Gasteiger partial charge in [-0.2, -0.15) is 0 Å². The topological polar surface area (TPSA) is 3.24 Å². The molecule has 1 saturated heterocycles. The fraction of sp³-hybridized carbons (Fsp3) is 1.00. The second kappa shape index (κ2) is 2.69. The van der Waals surface area contributed by atoms with Crippen LogP contribution >= 0.6 is 0 Å². The largest absolute Gasteiger partial charge is 0.302 e. The first-order valence-corrected chi connectivity index (χ1v) is 4.96. The number of likely N-dealkylation sites (tertiary alicyclic amines) is 1. The Morgan fingerprint density at radius 3 is 2.42 bits per heavy atom. The van der Waals surface area contributed by atoms with E-state index in [0.29, 0.717) is 5.41 Å². The smallest absolute Gasteiger partial charge is 0.101 e. The summed E-state index contributed by atoms with van der Waals surface area (Å²) in [6, 6.07) is 0. The van der Waals surface area contributed by atoms with Gasteiger partial charge in [-0.1, -0.05) is 13.8 Å². The Balaban J connectivity index is 1.70. The minimum atomic E-state index is -0.480. The minimum Gasteiger partial charge on any atom is -0.302 e. The molecule has 70 valence electrons. The van der Waals surface area contributed by atoms with Crippen LogP contribution in [0.4, 0.5) is 4.39 Å². The Morgan fingerprint density at radius 1 is 1.42 bits per heavy atom. The molecule has 0 bridgehead atoms. The molecule has 12 heavy (non-hydrogen) atoms. The highest BCUT2D eigenvalue weighted by molar-refractivity contribution is 5.04. The van der Waals surface area contributed by atoms with Crippen molar-refractivity contribution >= 4 is 0 Å². The van der Waals surface area contributed by atoms with Crippen LogP contribution in [0.3, 0.4) is 0 Å². The van der Waals surface area contributed by atoms with Gasteiger partial charge in [0.15, 0.2) is 0 Å². The van der Waals surface area contributed by atoms with E-state index >= 15 is 0 Å². The van der Waals surface area contributed by atoms with Crippen LogP contribution in [0, 0.1) is 11.3 Å². The third-order valence-corrected chi connectivity index (χ3v) is 3.05. The zero-order valence-corrected chi connectivity index (χ0v) is 8.02. The van der Waals surface area contributed by atoms with Crippen LogP contribution in [0.5, 0.6) is 0 Å². The molecule has 0 aromatic heterocycles. The Bertz CT molecular complexity index is 165. The van der Waals surface area contributed by atoms with Crippen molar-refractivity contribution < 1.29 is 4.39 Å². The maximum atomic E-state index is 12.6. The van der Waals surface area contributed by atoms with Crippen molar-refractivity contribution in [3.8, 4) is 0 Å². The molecular formula is C10H18FN. The van der Waals surface area contributed by atoms with Crippen LogP contribution in [-0.2, 0) is 0 Å². The standard InChI is InChI=1S/C10H18FN/c1-8(2)5-12-6-10(7-12)3-9(11)4-10/h8-9H,3-7H2,1-2H3. The molecular weight excluding hydrogens is 153 g/mol. The summed E-state index contributed by atoms with van der Waals surface area (Å²) in [5, 5.41) is 0. The van der Waals surface area contributed by atoms with E-state index in [1.807, 2.05) is 0 Å². The molecule has 0 atom stereocenters. The lowest BCUT2D eigenvalue weighted by Crippen LogP contribution is -2.63. The normalized spacial score (nSPS) is 29.0. The highest BCUT2D eigenvalue weighted by Gasteiger charge is 2.52. The van der Waals surface area contributed by atoms with Gasteiger partial charge < -0.3 is 4.90 Å². The van der Waals surface area contributed by atoms with Crippen LogP contribution in [0.1, 0.15) is 26.7 Å². The molecule has 1 aliphatic carbocycles. The molecule has 0 N–H and O–H groups in total. The molecule has 2 fully saturated rings. The third-order valence-electron chi connectivity index (χ3n) is 3.05. The first-order chi connectivity index (χ1) is 5.60. The van der Waals surface area contributed by atoms with Gasteiger partial charge in [0.1, 0.15) is 6.17 Å². The van der Waals surface area contributed by atoms with E-state index in [4.69, 9.17) is 0 Å². The third kappa shape index (κ3) is 1.37. The van der Waals surface area contributed by atoms with Crippen LogP contribution in [0.15, 0.2) is 0 Å². The molecule has 0 aromatic rings. The summed E-state index contributed by atoms with van der Waals surface area (Å²) < 4.78 is 12.6. The second-order valence-electron chi connectivity index (χ2n) is 5.07. The summed E-state index contributed by atoms with van der Waals surface area (Å²) in [7, 11) is 0. The van der Waals surface area contributed by atoms with Crippen molar-refractivity contribution in [3.63, 3.8) is 0 Å². The lowest BCUT2D eigenvalue weighted by atomic mass is 9.62. The number of rotatable bonds is 2. The molecule has 2 rings (SSSR count). The highest BCUT2D eigenvalue weighted by Crippen LogP contribution is 2.49. The second-order valence-corrected chi connectivity index (χ2v) is 5.07. The van der Waals surface area contributed by atoms with E-state index in [-0.39, 0.29) is 0 Å². The van der Waals surface area contributed by atoms with E-state index in [2.05, 4.69) is 18.7 Å². The van der Waals surface area contributed by atoms with E-state index in [1.165, 1.54) is 6.54 Å². The first kappa shape index (κ1) is 8.49. The van der Waals surface area contributed by atoms with Crippen molar-refractivity contribution in [1.29, 1.82) is 0 Å². The van der Waals surface area contributed by atoms with Gasteiger partial charge in [0.2, 0.25) is 0 Å². The summed E-state index contributed by atoms with van der Waals surface area (Å²) in [5.41, 5.74) is 0.425. The monoisotopic (exact) mass is 171 g/mol. The van der Waals surface area contributed by atoms with E-state index in [9.17, 15) is 4.39 Å². The summed E-state index contributed by atoms with van der Waals surface area (Å²) in [6.07, 6.45) is 1.19. The predicted molar refractivity (Wildman–Crippen MR) is 47.8 cm³/mol. The van der Waals surface area contributed by atoms with Gasteiger partial charge in [-0.3, -0.25) is 0 Å². The molecule has 1 nitrogen and oxygen atoms in total. The number of alkyl halides is 1. The molecule has 2 aliphatic rings. The van der Waals surface area contributed by atoms with Gasteiger partial charge in [0.25, 0.3) is 0 Å². The zero-order valence-electron chi connectivity index (χ0n) is 8.02. The van der Waals surface area contributed by atoms with Crippen molar-refractivity contribution in [2.24, 2.45) is 11.3 Å². The van der Waals surface area contributed by atoms with Crippen molar-refractivity contribution in [2.45, 2.75) is 32.9 Å². The maximum Gasteiger partial charge on any atom is 0.101 e. The Labute approximate surface area is 73.9 Å². The van der Waals surface area contributed by atoms with Gasteiger partial charge in [-0.25, -0.2) is 4.39 Å². The van der Waals surface area contributed by atoms with Crippen LogP contribution in [0.2, 0.25) is 0 Å². The number of hydrogen-bond donors (Lipinski definition) is 0. The molecule has 0 aromatic carbocycles. The SMILES string of the molecule is CC(C)CN1CC2(CC(F)C2)C1. The molecule has 1 spiro atoms. The van der Waals surface area contributed by atoms with Crippen LogP contribution < -0.4 is 0 Å². The summed E-state index contributed by atoms with van der Waals surface area (Å²) in [4.78, 5) is 2.45. The summed E-state index contributed by atoms with van der Waals surface area (Å²) >= 11 is 0. The number of halogens is 1. The maximum absolute atomic E-state index is 12.6. The van der Waals surface area contributed by atoms with Gasteiger partial charge in [0.05, 0.1) is 0 Å². The Kier molecular flexibility index (Phi) is 1.90. The average Bonchev–Trinajstić information content (AvgIpc) is 1.78. The quantitative estimate of drug-likeness (QED) is 0.615. The lowest BCUT2D eigenvalue weighted by Gasteiger charge is -2.57. The van der Waals surface area contributed by atoms with Crippen molar-refractivity contribution in [2.75, 3.05) is 19.6 Å².